The smallest absolute Gasteiger partial charge is 0.331 e. The summed E-state index contributed by atoms with van der Waals surface area (Å²) in [5.41, 5.74) is 0.106. The Balaban J connectivity index is 2.26. The van der Waals surface area contributed by atoms with E-state index in [9.17, 15) is 4.79 Å². The highest BCUT2D eigenvalue weighted by molar-refractivity contribution is 6.30. The van der Waals surface area contributed by atoms with Gasteiger partial charge < -0.3 is 14.8 Å². The lowest BCUT2D eigenvalue weighted by atomic mass is 9.83. The lowest BCUT2D eigenvalue weighted by Crippen LogP contribution is -2.55. The molecule has 0 aromatic heterocycles. The van der Waals surface area contributed by atoms with Gasteiger partial charge in [0.1, 0.15) is 5.54 Å². The molecule has 1 fully saturated rings. The average Bonchev–Trinajstić information content (AvgIpc) is 2.40. The van der Waals surface area contributed by atoms with Crippen LogP contribution in [-0.4, -0.2) is 30.3 Å². The van der Waals surface area contributed by atoms with Crippen LogP contribution in [0.1, 0.15) is 33.6 Å². The van der Waals surface area contributed by atoms with E-state index in [1.165, 1.54) is 0 Å². The van der Waals surface area contributed by atoms with Crippen molar-refractivity contribution in [3.8, 4) is 0 Å². The fourth-order valence-corrected chi connectivity index (χ4v) is 3.08. The van der Waals surface area contributed by atoms with Crippen molar-refractivity contribution in [1.29, 1.82) is 0 Å². The summed E-state index contributed by atoms with van der Waals surface area (Å²) in [6.45, 7) is 6.15. The molecular formula is C16H22ClNO3. The van der Waals surface area contributed by atoms with Gasteiger partial charge in [-0.1, -0.05) is 11.6 Å². The summed E-state index contributed by atoms with van der Waals surface area (Å²) in [6.07, 6.45) is 1.16. The van der Waals surface area contributed by atoms with Crippen molar-refractivity contribution in [2.45, 2.75) is 51.4 Å². The van der Waals surface area contributed by atoms with E-state index in [2.05, 4.69) is 5.32 Å². The van der Waals surface area contributed by atoms with Crippen molar-refractivity contribution in [1.82, 2.24) is 0 Å². The van der Waals surface area contributed by atoms with Crippen molar-refractivity contribution in [2.24, 2.45) is 0 Å². The van der Waals surface area contributed by atoms with Crippen LogP contribution in [0, 0.1) is 0 Å². The summed E-state index contributed by atoms with van der Waals surface area (Å²) >= 11 is 5.91. The molecule has 2 atom stereocenters. The van der Waals surface area contributed by atoms with Gasteiger partial charge in [0.25, 0.3) is 0 Å². The molecule has 2 unspecified atom stereocenters. The number of carbonyl (C=O) groups is 1. The second kappa shape index (κ2) is 6.67. The standard InChI is InChI=1S/C16H22ClNO3/c1-4-20-15(19)16(9-11(2)21-12(3)10-16)18-14-7-5-13(17)6-8-14/h5-8,11-12,18H,4,9-10H2,1-3H3. The van der Waals surface area contributed by atoms with Gasteiger partial charge in [-0.25, -0.2) is 4.79 Å². The van der Waals surface area contributed by atoms with E-state index in [0.29, 0.717) is 24.5 Å². The molecule has 1 aromatic rings. The van der Waals surface area contributed by atoms with E-state index >= 15 is 0 Å². The van der Waals surface area contributed by atoms with Crippen LogP contribution in [0.25, 0.3) is 0 Å². The van der Waals surface area contributed by atoms with Crippen molar-refractivity contribution in [2.75, 3.05) is 11.9 Å². The number of esters is 1. The van der Waals surface area contributed by atoms with Gasteiger partial charge in [-0.05, 0) is 45.0 Å². The zero-order chi connectivity index (χ0) is 15.5. The van der Waals surface area contributed by atoms with Crippen LogP contribution in [0.4, 0.5) is 5.69 Å². The topological polar surface area (TPSA) is 47.6 Å². The molecule has 1 aliphatic rings. The highest BCUT2D eigenvalue weighted by Crippen LogP contribution is 2.33. The molecule has 0 amide bonds. The summed E-state index contributed by atoms with van der Waals surface area (Å²) in [5.74, 6) is -0.220. The largest absolute Gasteiger partial charge is 0.464 e. The molecule has 1 saturated heterocycles. The number of ether oxygens (including phenoxy) is 2. The zero-order valence-corrected chi connectivity index (χ0v) is 13.4. The Labute approximate surface area is 130 Å². The first-order valence-corrected chi connectivity index (χ1v) is 7.69. The highest BCUT2D eigenvalue weighted by atomic mass is 35.5. The summed E-state index contributed by atoms with van der Waals surface area (Å²) in [5, 5.41) is 4.02. The molecule has 0 aliphatic carbocycles. The Hall–Kier alpha value is -1.26. The number of hydrogen-bond acceptors (Lipinski definition) is 4. The average molecular weight is 312 g/mol. The van der Waals surface area contributed by atoms with Gasteiger partial charge in [0, 0.05) is 23.6 Å². The summed E-state index contributed by atoms with van der Waals surface area (Å²) < 4.78 is 11.1. The Kier molecular flexibility index (Phi) is 5.12. The fourth-order valence-electron chi connectivity index (χ4n) is 2.96. The molecule has 2 rings (SSSR count). The van der Waals surface area contributed by atoms with Crippen LogP contribution in [0.3, 0.4) is 0 Å². The number of halogens is 1. The second-order valence-electron chi connectivity index (χ2n) is 5.60. The molecule has 0 saturated carbocycles. The zero-order valence-electron chi connectivity index (χ0n) is 12.7. The van der Waals surface area contributed by atoms with Gasteiger partial charge in [-0.2, -0.15) is 0 Å². The van der Waals surface area contributed by atoms with Crippen molar-refractivity contribution < 1.29 is 14.3 Å². The van der Waals surface area contributed by atoms with Crippen molar-refractivity contribution >= 4 is 23.3 Å². The lowest BCUT2D eigenvalue weighted by molar-refractivity contribution is -0.157. The first-order valence-electron chi connectivity index (χ1n) is 7.31. The van der Waals surface area contributed by atoms with Crippen molar-refractivity contribution in [3.05, 3.63) is 29.3 Å². The molecule has 1 aliphatic heterocycles. The molecule has 0 radical (unpaired) electrons. The Morgan fingerprint density at radius 2 is 1.90 bits per heavy atom. The first-order chi connectivity index (χ1) is 9.95. The molecule has 21 heavy (non-hydrogen) atoms. The van der Waals surface area contributed by atoms with Gasteiger partial charge in [0.2, 0.25) is 0 Å². The van der Waals surface area contributed by atoms with Crippen LogP contribution in [0.5, 0.6) is 0 Å². The lowest BCUT2D eigenvalue weighted by Gasteiger charge is -2.41. The Morgan fingerprint density at radius 3 is 2.43 bits per heavy atom. The maximum absolute atomic E-state index is 12.5. The van der Waals surface area contributed by atoms with Crippen LogP contribution in [-0.2, 0) is 14.3 Å². The van der Waals surface area contributed by atoms with Gasteiger partial charge in [-0.15, -0.1) is 0 Å². The predicted octanol–water partition coefficient (Wildman–Crippen LogP) is 3.64. The summed E-state index contributed by atoms with van der Waals surface area (Å²) in [6, 6.07) is 7.34. The molecule has 4 nitrogen and oxygen atoms in total. The third kappa shape index (κ3) is 3.89. The van der Waals surface area contributed by atoms with E-state index in [0.717, 1.165) is 5.69 Å². The normalized spacial score (nSPS) is 29.0. The third-order valence-electron chi connectivity index (χ3n) is 3.63. The molecule has 1 aromatic carbocycles. The number of rotatable bonds is 4. The van der Waals surface area contributed by atoms with Gasteiger partial charge >= 0.3 is 5.97 Å². The Morgan fingerprint density at radius 1 is 1.33 bits per heavy atom. The van der Waals surface area contributed by atoms with Crippen LogP contribution >= 0.6 is 11.6 Å². The number of carbonyl (C=O) groups excluding carboxylic acids is 1. The number of benzene rings is 1. The second-order valence-corrected chi connectivity index (χ2v) is 6.04. The van der Waals surface area contributed by atoms with Gasteiger partial charge in [0.15, 0.2) is 0 Å². The molecular weight excluding hydrogens is 290 g/mol. The highest BCUT2D eigenvalue weighted by Gasteiger charge is 2.46. The molecule has 0 spiro atoms. The first kappa shape index (κ1) is 16.1. The number of anilines is 1. The number of nitrogens with one attached hydrogen (secondary N) is 1. The Bertz CT molecular complexity index is 479. The van der Waals surface area contributed by atoms with E-state index in [-0.39, 0.29) is 18.2 Å². The molecule has 1 heterocycles. The van der Waals surface area contributed by atoms with E-state index < -0.39 is 5.54 Å². The summed E-state index contributed by atoms with van der Waals surface area (Å²) in [4.78, 5) is 12.5. The van der Waals surface area contributed by atoms with Crippen molar-refractivity contribution in [3.63, 3.8) is 0 Å². The maximum atomic E-state index is 12.5. The minimum atomic E-state index is -0.749. The molecule has 5 heteroatoms. The predicted molar refractivity (Wildman–Crippen MR) is 83.7 cm³/mol. The van der Waals surface area contributed by atoms with Gasteiger partial charge in [-0.3, -0.25) is 0 Å². The molecule has 1 N–H and O–H groups in total. The molecule has 116 valence electrons. The van der Waals surface area contributed by atoms with Gasteiger partial charge in [0.05, 0.1) is 18.8 Å². The van der Waals surface area contributed by atoms with Crippen LogP contribution < -0.4 is 5.32 Å². The quantitative estimate of drug-likeness (QED) is 0.862. The number of hydrogen-bond donors (Lipinski definition) is 1. The van der Waals surface area contributed by atoms with E-state index in [4.69, 9.17) is 21.1 Å². The maximum Gasteiger partial charge on any atom is 0.331 e. The van der Waals surface area contributed by atoms with E-state index in [1.807, 2.05) is 32.9 Å². The third-order valence-corrected chi connectivity index (χ3v) is 3.88. The minimum Gasteiger partial charge on any atom is -0.464 e. The summed E-state index contributed by atoms with van der Waals surface area (Å²) in [7, 11) is 0. The van der Waals surface area contributed by atoms with E-state index in [1.54, 1.807) is 12.1 Å². The van der Waals surface area contributed by atoms with Crippen LogP contribution in [0.15, 0.2) is 24.3 Å². The fraction of sp³-hybridized carbons (Fsp3) is 0.562. The monoisotopic (exact) mass is 311 g/mol. The SMILES string of the molecule is CCOC(=O)C1(Nc2ccc(Cl)cc2)CC(C)OC(C)C1. The minimum absolute atomic E-state index is 0.00189. The van der Waals surface area contributed by atoms with Crippen LogP contribution in [0.2, 0.25) is 5.02 Å². The molecule has 0 bridgehead atoms.